The number of carboxylic acids is 2. The standard InChI is InChI=1S/C15H20N2O6/c18-12-7-10(8-16-5-1-2-6-16)17(9-13(12)19)11(15(22)23)3-4-14(20)21/h7,9,11,19H,1-6,8H2,(H,20,21)(H,22,23). The highest BCUT2D eigenvalue weighted by atomic mass is 16.4. The molecule has 1 unspecified atom stereocenters. The van der Waals surface area contributed by atoms with Gasteiger partial charge in [-0.05, 0) is 32.4 Å². The number of aromatic nitrogens is 1. The van der Waals surface area contributed by atoms with Gasteiger partial charge in [-0.25, -0.2) is 4.79 Å². The Bertz CT molecular complexity index is 648. The van der Waals surface area contributed by atoms with E-state index in [1.807, 2.05) is 0 Å². The molecule has 2 heterocycles. The smallest absolute Gasteiger partial charge is 0.326 e. The highest BCUT2D eigenvalue weighted by Gasteiger charge is 2.24. The van der Waals surface area contributed by atoms with E-state index in [9.17, 15) is 24.6 Å². The van der Waals surface area contributed by atoms with Gasteiger partial charge in [-0.1, -0.05) is 0 Å². The minimum Gasteiger partial charge on any atom is -0.503 e. The van der Waals surface area contributed by atoms with Gasteiger partial charge in [0.25, 0.3) is 0 Å². The molecule has 8 nitrogen and oxygen atoms in total. The van der Waals surface area contributed by atoms with E-state index in [0.717, 1.165) is 32.1 Å². The number of pyridine rings is 1. The number of aromatic hydroxyl groups is 1. The lowest BCUT2D eigenvalue weighted by atomic mass is 10.1. The Kier molecular flexibility index (Phi) is 5.38. The summed E-state index contributed by atoms with van der Waals surface area (Å²) in [5, 5.41) is 27.8. The molecule has 1 saturated heterocycles. The second-order valence-electron chi connectivity index (χ2n) is 5.69. The van der Waals surface area contributed by atoms with Crippen LogP contribution >= 0.6 is 0 Å². The highest BCUT2D eigenvalue weighted by Crippen LogP contribution is 2.21. The van der Waals surface area contributed by atoms with Crippen molar-refractivity contribution >= 4 is 11.9 Å². The third kappa shape index (κ3) is 4.32. The van der Waals surface area contributed by atoms with E-state index < -0.39 is 29.2 Å². The molecule has 1 aromatic rings. The Balaban J connectivity index is 2.35. The lowest BCUT2D eigenvalue weighted by Crippen LogP contribution is -2.28. The Morgan fingerprint density at radius 3 is 2.43 bits per heavy atom. The van der Waals surface area contributed by atoms with E-state index in [1.165, 1.54) is 10.6 Å². The summed E-state index contributed by atoms with van der Waals surface area (Å²) in [4.78, 5) is 36.0. The van der Waals surface area contributed by atoms with Crippen molar-refractivity contribution < 1.29 is 24.9 Å². The number of likely N-dealkylation sites (tertiary alicyclic amines) is 1. The van der Waals surface area contributed by atoms with E-state index in [4.69, 9.17) is 5.11 Å². The number of aliphatic carboxylic acids is 2. The molecule has 0 radical (unpaired) electrons. The molecule has 0 aromatic carbocycles. The Hall–Kier alpha value is -2.35. The number of rotatable bonds is 7. The van der Waals surface area contributed by atoms with Gasteiger partial charge >= 0.3 is 11.9 Å². The largest absolute Gasteiger partial charge is 0.503 e. The highest BCUT2D eigenvalue weighted by molar-refractivity contribution is 5.74. The average Bonchev–Trinajstić information content (AvgIpc) is 2.96. The minimum absolute atomic E-state index is 0.125. The molecule has 0 saturated carbocycles. The van der Waals surface area contributed by atoms with Gasteiger partial charge in [-0.2, -0.15) is 0 Å². The summed E-state index contributed by atoms with van der Waals surface area (Å²) in [6.07, 6.45) is 2.74. The van der Waals surface area contributed by atoms with Crippen molar-refractivity contribution in [2.75, 3.05) is 13.1 Å². The summed E-state index contributed by atoms with van der Waals surface area (Å²) in [6.45, 7) is 2.12. The molecule has 1 aromatic heterocycles. The molecule has 0 aliphatic carbocycles. The van der Waals surface area contributed by atoms with Gasteiger partial charge in [0, 0.05) is 24.7 Å². The minimum atomic E-state index is -1.20. The molecule has 1 aliphatic rings. The van der Waals surface area contributed by atoms with Crippen molar-refractivity contribution in [2.24, 2.45) is 0 Å². The summed E-state index contributed by atoms with van der Waals surface area (Å²) in [5.74, 6) is -2.84. The van der Waals surface area contributed by atoms with Crippen LogP contribution in [0.2, 0.25) is 0 Å². The number of hydrogen-bond donors (Lipinski definition) is 3. The first-order valence-corrected chi connectivity index (χ1v) is 7.49. The van der Waals surface area contributed by atoms with Crippen LogP contribution in [0.1, 0.15) is 37.4 Å². The predicted octanol–water partition coefficient (Wildman–Crippen LogP) is 0.640. The van der Waals surface area contributed by atoms with Crippen molar-refractivity contribution in [3.05, 3.63) is 28.2 Å². The molecular formula is C15H20N2O6. The van der Waals surface area contributed by atoms with Crippen LogP contribution in [0.5, 0.6) is 5.75 Å². The summed E-state index contributed by atoms with van der Waals surface area (Å²) < 4.78 is 1.31. The van der Waals surface area contributed by atoms with Crippen molar-refractivity contribution in [1.29, 1.82) is 0 Å². The number of carbonyl (C=O) groups is 2. The molecule has 0 amide bonds. The van der Waals surface area contributed by atoms with E-state index >= 15 is 0 Å². The quantitative estimate of drug-likeness (QED) is 0.673. The van der Waals surface area contributed by atoms with Crippen LogP contribution in [0.25, 0.3) is 0 Å². The van der Waals surface area contributed by atoms with Crippen LogP contribution in [0.3, 0.4) is 0 Å². The third-order valence-corrected chi connectivity index (χ3v) is 3.98. The molecule has 1 atom stereocenters. The lowest BCUT2D eigenvalue weighted by molar-refractivity contribution is -0.142. The van der Waals surface area contributed by atoms with Crippen LogP contribution in [0, 0.1) is 0 Å². The summed E-state index contributed by atoms with van der Waals surface area (Å²) in [6, 6.07) is 0.0832. The summed E-state index contributed by atoms with van der Waals surface area (Å²) in [5.41, 5.74) is -0.106. The van der Waals surface area contributed by atoms with E-state index in [-0.39, 0.29) is 12.8 Å². The number of nitrogens with zero attached hydrogens (tertiary/aromatic N) is 2. The molecular weight excluding hydrogens is 304 g/mol. The second-order valence-corrected chi connectivity index (χ2v) is 5.69. The first kappa shape index (κ1) is 17.0. The molecule has 1 fully saturated rings. The van der Waals surface area contributed by atoms with Gasteiger partial charge in [-0.15, -0.1) is 0 Å². The molecule has 126 valence electrons. The van der Waals surface area contributed by atoms with Crippen LogP contribution in [0.15, 0.2) is 17.1 Å². The van der Waals surface area contributed by atoms with Crippen LogP contribution in [-0.4, -0.2) is 49.8 Å². The van der Waals surface area contributed by atoms with Crippen LogP contribution in [-0.2, 0) is 16.1 Å². The fourth-order valence-electron chi connectivity index (χ4n) is 2.81. The number of carboxylic acid groups (broad SMARTS) is 2. The fourth-order valence-corrected chi connectivity index (χ4v) is 2.81. The van der Waals surface area contributed by atoms with Gasteiger partial charge in [0.1, 0.15) is 6.04 Å². The maximum absolute atomic E-state index is 11.7. The molecule has 2 rings (SSSR count). The van der Waals surface area contributed by atoms with Crippen LogP contribution < -0.4 is 5.43 Å². The van der Waals surface area contributed by atoms with Gasteiger partial charge in [0.15, 0.2) is 5.75 Å². The molecule has 3 N–H and O–H groups in total. The molecule has 8 heteroatoms. The first-order valence-electron chi connectivity index (χ1n) is 7.49. The number of hydrogen-bond acceptors (Lipinski definition) is 5. The van der Waals surface area contributed by atoms with E-state index in [1.54, 1.807) is 0 Å². The molecule has 0 bridgehead atoms. The zero-order valence-corrected chi connectivity index (χ0v) is 12.6. The van der Waals surface area contributed by atoms with Gasteiger partial charge in [-0.3, -0.25) is 14.5 Å². The lowest BCUT2D eigenvalue weighted by Gasteiger charge is -2.23. The normalized spacial score (nSPS) is 16.3. The maximum atomic E-state index is 11.7. The second kappa shape index (κ2) is 7.28. The monoisotopic (exact) mass is 324 g/mol. The zero-order valence-electron chi connectivity index (χ0n) is 12.6. The Morgan fingerprint density at radius 1 is 1.22 bits per heavy atom. The van der Waals surface area contributed by atoms with Crippen molar-refractivity contribution in [3.8, 4) is 5.75 Å². The fraction of sp³-hybridized carbons (Fsp3) is 0.533. The average molecular weight is 324 g/mol. The zero-order chi connectivity index (χ0) is 17.0. The molecule has 1 aliphatic heterocycles. The van der Waals surface area contributed by atoms with E-state index in [0.29, 0.717) is 12.2 Å². The SMILES string of the molecule is O=C(O)CCC(C(=O)O)n1cc(O)c(=O)cc1CN1CCCC1. The van der Waals surface area contributed by atoms with Crippen molar-refractivity contribution in [3.63, 3.8) is 0 Å². The Labute approximate surface area is 132 Å². The van der Waals surface area contributed by atoms with Crippen molar-refractivity contribution in [2.45, 2.75) is 38.3 Å². The topological polar surface area (TPSA) is 120 Å². The Morgan fingerprint density at radius 2 is 1.87 bits per heavy atom. The van der Waals surface area contributed by atoms with Crippen molar-refractivity contribution in [1.82, 2.24) is 9.47 Å². The van der Waals surface area contributed by atoms with Crippen LogP contribution in [0.4, 0.5) is 0 Å². The molecule has 23 heavy (non-hydrogen) atoms. The van der Waals surface area contributed by atoms with Gasteiger partial charge in [0.2, 0.25) is 5.43 Å². The van der Waals surface area contributed by atoms with Gasteiger partial charge in [0.05, 0.1) is 6.20 Å². The molecule has 0 spiro atoms. The first-order chi connectivity index (χ1) is 10.9. The summed E-state index contributed by atoms with van der Waals surface area (Å²) >= 11 is 0. The third-order valence-electron chi connectivity index (χ3n) is 3.98. The van der Waals surface area contributed by atoms with Gasteiger partial charge < -0.3 is 19.9 Å². The predicted molar refractivity (Wildman–Crippen MR) is 80.4 cm³/mol. The summed E-state index contributed by atoms with van der Waals surface area (Å²) in [7, 11) is 0. The maximum Gasteiger partial charge on any atom is 0.326 e. The van der Waals surface area contributed by atoms with E-state index in [2.05, 4.69) is 4.90 Å².